The summed E-state index contributed by atoms with van der Waals surface area (Å²) < 4.78 is 2.03. The lowest BCUT2D eigenvalue weighted by Gasteiger charge is -2.27. The van der Waals surface area contributed by atoms with Crippen LogP contribution in [-0.2, 0) is 11.3 Å². The van der Waals surface area contributed by atoms with Crippen molar-refractivity contribution >= 4 is 27.5 Å². The minimum atomic E-state index is -0.239. The predicted molar refractivity (Wildman–Crippen MR) is 73.2 cm³/mol. The highest BCUT2D eigenvalue weighted by atomic mass is 79.9. The fourth-order valence-electron chi connectivity index (χ4n) is 2.11. The molecule has 2 heterocycles. The second-order valence-corrected chi connectivity index (χ2v) is 5.36. The molecular formula is C12H16BrN3O2. The molecule has 1 aromatic heterocycles. The molecule has 1 aliphatic heterocycles. The number of anilines is 1. The van der Waals surface area contributed by atoms with E-state index in [4.69, 9.17) is 5.73 Å². The lowest BCUT2D eigenvalue weighted by Crippen LogP contribution is -2.37. The average Bonchev–Trinajstić information content (AvgIpc) is 2.37. The number of nitrogen functional groups attached to an aromatic ring is 1. The summed E-state index contributed by atoms with van der Waals surface area (Å²) in [5.41, 5.74) is 5.50. The van der Waals surface area contributed by atoms with Crippen LogP contribution < -0.4 is 11.2 Å². The maximum Gasteiger partial charge on any atom is 0.242 e. The summed E-state index contributed by atoms with van der Waals surface area (Å²) in [7, 11) is 0. The highest BCUT2D eigenvalue weighted by Crippen LogP contribution is 2.11. The van der Waals surface area contributed by atoms with Crippen molar-refractivity contribution in [3.63, 3.8) is 0 Å². The van der Waals surface area contributed by atoms with Gasteiger partial charge in [-0.25, -0.2) is 0 Å². The first kappa shape index (κ1) is 13.1. The zero-order chi connectivity index (χ0) is 13.1. The van der Waals surface area contributed by atoms with Gasteiger partial charge in [0.1, 0.15) is 6.54 Å². The third-order valence-corrected chi connectivity index (χ3v) is 3.65. The molecule has 6 heteroatoms. The van der Waals surface area contributed by atoms with Crippen molar-refractivity contribution in [2.24, 2.45) is 0 Å². The summed E-state index contributed by atoms with van der Waals surface area (Å²) in [5, 5.41) is 0. The molecule has 0 atom stereocenters. The largest absolute Gasteiger partial charge is 0.394 e. The number of hydrogen-bond acceptors (Lipinski definition) is 3. The third-order valence-electron chi connectivity index (χ3n) is 3.09. The number of nitrogens with two attached hydrogens (primary N) is 1. The summed E-state index contributed by atoms with van der Waals surface area (Å²) in [5.74, 6) is 0.0737. The molecule has 98 valence electrons. The van der Waals surface area contributed by atoms with Gasteiger partial charge in [0.2, 0.25) is 11.3 Å². The SMILES string of the molecule is Nc1cn(CC(=O)N2CCCCC2)cc(Br)c1=O. The molecule has 0 saturated carbocycles. The Morgan fingerprint density at radius 2 is 1.94 bits per heavy atom. The van der Waals surface area contributed by atoms with Crippen LogP contribution in [-0.4, -0.2) is 28.5 Å². The molecule has 1 saturated heterocycles. The third kappa shape index (κ3) is 2.93. The van der Waals surface area contributed by atoms with E-state index in [-0.39, 0.29) is 23.6 Å². The molecule has 2 rings (SSSR count). The molecule has 1 aromatic rings. The van der Waals surface area contributed by atoms with Crippen molar-refractivity contribution in [2.45, 2.75) is 25.8 Å². The van der Waals surface area contributed by atoms with Crippen molar-refractivity contribution in [1.29, 1.82) is 0 Å². The monoisotopic (exact) mass is 313 g/mol. The van der Waals surface area contributed by atoms with Gasteiger partial charge in [0.25, 0.3) is 0 Å². The molecule has 1 amide bonds. The fraction of sp³-hybridized carbons (Fsp3) is 0.500. The van der Waals surface area contributed by atoms with E-state index in [0.717, 1.165) is 25.9 Å². The van der Waals surface area contributed by atoms with Gasteiger partial charge in [-0.05, 0) is 35.2 Å². The molecule has 0 aliphatic carbocycles. The zero-order valence-corrected chi connectivity index (χ0v) is 11.6. The van der Waals surface area contributed by atoms with Crippen LogP contribution in [0.2, 0.25) is 0 Å². The predicted octanol–water partition coefficient (Wildman–Crippen LogP) is 1.21. The van der Waals surface area contributed by atoms with E-state index in [2.05, 4.69) is 15.9 Å². The lowest BCUT2D eigenvalue weighted by atomic mass is 10.1. The Morgan fingerprint density at radius 1 is 1.28 bits per heavy atom. The lowest BCUT2D eigenvalue weighted by molar-refractivity contribution is -0.132. The minimum Gasteiger partial charge on any atom is -0.394 e. The maximum atomic E-state index is 12.0. The Morgan fingerprint density at radius 3 is 2.56 bits per heavy atom. The Labute approximate surface area is 114 Å². The van der Waals surface area contributed by atoms with E-state index in [0.29, 0.717) is 4.47 Å². The van der Waals surface area contributed by atoms with E-state index < -0.39 is 0 Å². The Kier molecular flexibility index (Phi) is 4.06. The molecule has 0 radical (unpaired) electrons. The number of pyridine rings is 1. The van der Waals surface area contributed by atoms with Gasteiger partial charge in [0.05, 0.1) is 10.2 Å². The number of amides is 1. The van der Waals surface area contributed by atoms with E-state index in [1.807, 2.05) is 4.90 Å². The summed E-state index contributed by atoms with van der Waals surface area (Å²) in [4.78, 5) is 25.3. The van der Waals surface area contributed by atoms with Crippen molar-refractivity contribution in [3.8, 4) is 0 Å². The number of aromatic nitrogens is 1. The van der Waals surface area contributed by atoms with E-state index in [9.17, 15) is 9.59 Å². The zero-order valence-electron chi connectivity index (χ0n) is 10.1. The van der Waals surface area contributed by atoms with Crippen LogP contribution in [0.1, 0.15) is 19.3 Å². The van der Waals surface area contributed by atoms with Gasteiger partial charge in [0.15, 0.2) is 0 Å². The van der Waals surface area contributed by atoms with Gasteiger partial charge >= 0.3 is 0 Å². The summed E-state index contributed by atoms with van der Waals surface area (Å²) in [6.45, 7) is 1.88. The van der Waals surface area contributed by atoms with Crippen LogP contribution in [0.25, 0.3) is 0 Å². The molecule has 1 fully saturated rings. The summed E-state index contributed by atoms with van der Waals surface area (Å²) in [6, 6.07) is 0. The Bertz CT molecular complexity index is 480. The van der Waals surface area contributed by atoms with Gasteiger partial charge in [-0.15, -0.1) is 0 Å². The molecule has 2 N–H and O–H groups in total. The molecular weight excluding hydrogens is 298 g/mol. The van der Waals surface area contributed by atoms with Gasteiger partial charge in [-0.3, -0.25) is 9.59 Å². The van der Waals surface area contributed by atoms with Gasteiger partial charge < -0.3 is 15.2 Å². The molecule has 18 heavy (non-hydrogen) atoms. The number of likely N-dealkylation sites (tertiary alicyclic amines) is 1. The number of rotatable bonds is 2. The molecule has 0 unspecified atom stereocenters. The van der Waals surface area contributed by atoms with Crippen LogP contribution in [0, 0.1) is 0 Å². The topological polar surface area (TPSA) is 68.3 Å². The quantitative estimate of drug-likeness (QED) is 0.892. The molecule has 0 aromatic carbocycles. The first-order valence-corrected chi connectivity index (χ1v) is 6.80. The molecule has 5 nitrogen and oxygen atoms in total. The summed E-state index contributed by atoms with van der Waals surface area (Å²) in [6.07, 6.45) is 6.44. The summed E-state index contributed by atoms with van der Waals surface area (Å²) >= 11 is 3.14. The number of carbonyl (C=O) groups excluding carboxylic acids is 1. The Hall–Kier alpha value is -1.30. The van der Waals surface area contributed by atoms with E-state index in [1.165, 1.54) is 12.6 Å². The van der Waals surface area contributed by atoms with Crippen molar-refractivity contribution < 1.29 is 4.79 Å². The number of carbonyl (C=O) groups is 1. The first-order chi connectivity index (χ1) is 8.58. The van der Waals surface area contributed by atoms with E-state index in [1.54, 1.807) is 10.8 Å². The first-order valence-electron chi connectivity index (χ1n) is 6.01. The second kappa shape index (κ2) is 5.56. The normalized spacial score (nSPS) is 15.7. The van der Waals surface area contributed by atoms with Crippen LogP contribution >= 0.6 is 15.9 Å². The number of halogens is 1. The van der Waals surface area contributed by atoms with Crippen molar-refractivity contribution in [2.75, 3.05) is 18.8 Å². The smallest absolute Gasteiger partial charge is 0.242 e. The Balaban J connectivity index is 2.09. The van der Waals surface area contributed by atoms with Gasteiger partial charge in [-0.2, -0.15) is 0 Å². The van der Waals surface area contributed by atoms with Crippen LogP contribution in [0.15, 0.2) is 21.7 Å². The van der Waals surface area contributed by atoms with Crippen molar-refractivity contribution in [1.82, 2.24) is 9.47 Å². The van der Waals surface area contributed by atoms with Crippen LogP contribution in [0.3, 0.4) is 0 Å². The second-order valence-electron chi connectivity index (χ2n) is 4.50. The van der Waals surface area contributed by atoms with Gasteiger partial charge in [-0.1, -0.05) is 0 Å². The molecule has 1 aliphatic rings. The standard InChI is InChI=1S/C12H16BrN3O2/c13-9-6-15(7-10(14)12(9)18)8-11(17)16-4-2-1-3-5-16/h6-7H,1-5,8,14H2. The number of nitrogens with zero attached hydrogens (tertiary/aromatic N) is 2. The fourth-order valence-corrected chi connectivity index (χ4v) is 2.60. The average molecular weight is 314 g/mol. The van der Waals surface area contributed by atoms with E-state index >= 15 is 0 Å². The highest BCUT2D eigenvalue weighted by Gasteiger charge is 2.16. The van der Waals surface area contributed by atoms with Crippen LogP contribution in [0.5, 0.6) is 0 Å². The molecule has 0 bridgehead atoms. The maximum absolute atomic E-state index is 12.0. The number of piperidine rings is 1. The minimum absolute atomic E-state index is 0.0737. The number of hydrogen-bond donors (Lipinski definition) is 1. The highest BCUT2D eigenvalue weighted by molar-refractivity contribution is 9.10. The molecule has 0 spiro atoms. The van der Waals surface area contributed by atoms with Crippen LogP contribution in [0.4, 0.5) is 5.69 Å². The van der Waals surface area contributed by atoms with Crippen molar-refractivity contribution in [3.05, 3.63) is 27.1 Å². The van der Waals surface area contributed by atoms with Gasteiger partial charge in [0, 0.05) is 25.5 Å².